The van der Waals surface area contributed by atoms with Crippen LogP contribution in [0.5, 0.6) is 0 Å². The summed E-state index contributed by atoms with van der Waals surface area (Å²) in [4.78, 5) is 23.9. The highest BCUT2D eigenvalue weighted by Gasteiger charge is 2.30. The van der Waals surface area contributed by atoms with E-state index in [-0.39, 0.29) is 53.2 Å². The molecule has 2 amide bonds. The van der Waals surface area contributed by atoms with Gasteiger partial charge in [-0.05, 0) is 23.8 Å². The summed E-state index contributed by atoms with van der Waals surface area (Å²) >= 11 is 12.3. The zero-order valence-corrected chi connectivity index (χ0v) is 18.1. The lowest BCUT2D eigenvalue weighted by molar-refractivity contribution is -0.117. The molecule has 1 heterocycles. The fourth-order valence-electron chi connectivity index (χ4n) is 3.00. The second kappa shape index (κ2) is 9.32. The molecular weight excluding hydrogens is 453 g/mol. The highest BCUT2D eigenvalue weighted by Crippen LogP contribution is 2.31. The molecule has 3 N–H and O–H groups in total. The predicted octanol–water partition coefficient (Wildman–Crippen LogP) is 2.29. The van der Waals surface area contributed by atoms with Crippen LogP contribution in [0.4, 0.5) is 5.69 Å². The van der Waals surface area contributed by atoms with E-state index in [1.165, 1.54) is 10.4 Å². The summed E-state index contributed by atoms with van der Waals surface area (Å²) in [6.07, 6.45) is -0.0680. The Morgan fingerprint density at radius 3 is 2.43 bits per heavy atom. The molecule has 1 aliphatic rings. The highest BCUT2D eigenvalue weighted by atomic mass is 35.5. The van der Waals surface area contributed by atoms with E-state index in [1.54, 1.807) is 24.3 Å². The Bertz CT molecular complexity index is 1090. The van der Waals surface area contributed by atoms with Crippen molar-refractivity contribution in [2.45, 2.75) is 11.3 Å². The van der Waals surface area contributed by atoms with E-state index in [0.29, 0.717) is 11.3 Å². The van der Waals surface area contributed by atoms with Crippen molar-refractivity contribution >= 4 is 50.7 Å². The number of primary amides is 1. The van der Waals surface area contributed by atoms with Crippen LogP contribution in [0.1, 0.15) is 15.9 Å². The molecule has 0 bridgehead atoms. The molecule has 0 radical (unpaired) electrons. The maximum Gasteiger partial charge on any atom is 0.257 e. The molecule has 0 aliphatic carbocycles. The molecule has 1 fully saturated rings. The second-order valence-electron chi connectivity index (χ2n) is 6.53. The number of ether oxygens (including phenoxy) is 1. The van der Waals surface area contributed by atoms with Crippen molar-refractivity contribution in [2.24, 2.45) is 5.73 Å². The first-order chi connectivity index (χ1) is 14.2. The van der Waals surface area contributed by atoms with E-state index >= 15 is 0 Å². The summed E-state index contributed by atoms with van der Waals surface area (Å²) in [7, 11) is -3.94. The number of nitrogens with two attached hydrogens (primary N) is 1. The molecule has 1 saturated heterocycles. The Hall–Kier alpha value is -2.17. The number of morpholine rings is 1. The lowest BCUT2D eigenvalue weighted by Crippen LogP contribution is -2.40. The fourth-order valence-corrected chi connectivity index (χ4v) is 5.24. The quantitative estimate of drug-likeness (QED) is 0.669. The van der Waals surface area contributed by atoms with Crippen molar-refractivity contribution in [3.8, 4) is 0 Å². The number of nitrogens with one attached hydrogen (secondary N) is 1. The number of amides is 2. The summed E-state index contributed by atoms with van der Waals surface area (Å²) < 4.78 is 32.4. The number of carbonyl (C=O) groups excluding carboxylic acids is 2. The topological polar surface area (TPSA) is 119 Å². The molecule has 0 saturated carbocycles. The van der Waals surface area contributed by atoms with Crippen molar-refractivity contribution in [1.82, 2.24) is 4.31 Å². The van der Waals surface area contributed by atoms with Gasteiger partial charge in [0.1, 0.15) is 4.90 Å². The van der Waals surface area contributed by atoms with E-state index in [4.69, 9.17) is 33.7 Å². The molecule has 0 aromatic heterocycles. The van der Waals surface area contributed by atoms with Crippen molar-refractivity contribution < 1.29 is 22.7 Å². The van der Waals surface area contributed by atoms with Gasteiger partial charge in [-0.15, -0.1) is 0 Å². The number of rotatable bonds is 6. The maximum absolute atomic E-state index is 13.0. The first-order valence-corrected chi connectivity index (χ1v) is 11.1. The molecule has 0 spiro atoms. The smallest absolute Gasteiger partial charge is 0.257 e. The molecule has 2 aromatic carbocycles. The largest absolute Gasteiger partial charge is 0.379 e. The van der Waals surface area contributed by atoms with Crippen molar-refractivity contribution in [2.75, 3.05) is 31.6 Å². The predicted molar refractivity (Wildman–Crippen MR) is 113 cm³/mol. The number of nitrogens with zero attached hydrogens (tertiary/aromatic N) is 1. The van der Waals surface area contributed by atoms with E-state index in [2.05, 4.69) is 5.32 Å². The van der Waals surface area contributed by atoms with Gasteiger partial charge in [-0.1, -0.05) is 41.4 Å². The number of halogens is 2. The SMILES string of the molecule is NC(=O)Cc1ccccc1NC(=O)c1cc(S(=O)(=O)N2CCOCC2)c(Cl)cc1Cl. The van der Waals surface area contributed by atoms with Gasteiger partial charge in [0.2, 0.25) is 15.9 Å². The lowest BCUT2D eigenvalue weighted by Gasteiger charge is -2.26. The Balaban J connectivity index is 1.94. The van der Waals surface area contributed by atoms with Gasteiger partial charge in [0.05, 0.1) is 35.2 Å². The number of benzene rings is 2. The van der Waals surface area contributed by atoms with E-state index in [0.717, 1.165) is 6.07 Å². The molecular formula is C19H19Cl2N3O5S. The maximum atomic E-state index is 13.0. The standard InChI is InChI=1S/C19H19Cl2N3O5S/c20-14-11-15(21)17(30(27,28)24-5-7-29-8-6-24)10-13(14)19(26)23-16-4-2-1-3-12(16)9-18(22)25/h1-4,10-11H,5-9H2,(H2,22,25)(H,23,26). The van der Waals surface area contributed by atoms with Gasteiger partial charge in [-0.2, -0.15) is 4.31 Å². The minimum absolute atomic E-state index is 0.00851. The van der Waals surface area contributed by atoms with Crippen LogP contribution in [-0.2, 0) is 26.0 Å². The Labute approximate surface area is 183 Å². The minimum Gasteiger partial charge on any atom is -0.379 e. The Morgan fingerprint density at radius 2 is 1.77 bits per heavy atom. The third-order valence-corrected chi connectivity index (χ3v) is 7.16. The van der Waals surface area contributed by atoms with E-state index in [9.17, 15) is 18.0 Å². The molecule has 0 unspecified atom stereocenters. The molecule has 11 heteroatoms. The van der Waals surface area contributed by atoms with Gasteiger partial charge < -0.3 is 15.8 Å². The Kier molecular flexibility index (Phi) is 6.99. The fraction of sp³-hybridized carbons (Fsp3) is 0.263. The summed E-state index contributed by atoms with van der Waals surface area (Å²) in [5.74, 6) is -1.20. The molecule has 0 atom stereocenters. The summed E-state index contributed by atoms with van der Waals surface area (Å²) in [5, 5.41) is 2.55. The average Bonchev–Trinajstić information content (AvgIpc) is 2.69. The van der Waals surface area contributed by atoms with Gasteiger partial charge in [0.15, 0.2) is 0 Å². The summed E-state index contributed by atoms with van der Waals surface area (Å²) in [6.45, 7) is 0.912. The van der Waals surface area contributed by atoms with Crippen LogP contribution in [-0.4, -0.2) is 50.8 Å². The van der Waals surface area contributed by atoms with E-state index < -0.39 is 21.8 Å². The number of carbonyl (C=O) groups is 2. The molecule has 2 aromatic rings. The minimum atomic E-state index is -3.94. The second-order valence-corrected chi connectivity index (χ2v) is 9.25. The zero-order chi connectivity index (χ0) is 21.9. The van der Waals surface area contributed by atoms with Crippen LogP contribution < -0.4 is 11.1 Å². The third kappa shape index (κ3) is 4.93. The van der Waals surface area contributed by atoms with Crippen molar-refractivity contribution in [3.05, 3.63) is 57.6 Å². The summed E-state index contributed by atoms with van der Waals surface area (Å²) in [5.41, 5.74) is 6.06. The molecule has 8 nitrogen and oxygen atoms in total. The van der Waals surface area contributed by atoms with Gasteiger partial charge in [-0.3, -0.25) is 9.59 Å². The van der Waals surface area contributed by atoms with Crippen LogP contribution in [0.15, 0.2) is 41.3 Å². The number of anilines is 1. The highest BCUT2D eigenvalue weighted by molar-refractivity contribution is 7.89. The molecule has 30 heavy (non-hydrogen) atoms. The molecule has 1 aliphatic heterocycles. The Morgan fingerprint density at radius 1 is 1.10 bits per heavy atom. The van der Waals surface area contributed by atoms with Crippen LogP contribution in [0, 0.1) is 0 Å². The first kappa shape index (κ1) is 22.5. The number of hydrogen-bond donors (Lipinski definition) is 2. The van der Waals surface area contributed by atoms with Crippen LogP contribution in [0.2, 0.25) is 10.0 Å². The first-order valence-electron chi connectivity index (χ1n) is 8.94. The number of para-hydroxylation sites is 1. The third-order valence-electron chi connectivity index (χ3n) is 4.48. The van der Waals surface area contributed by atoms with Crippen LogP contribution >= 0.6 is 23.2 Å². The summed E-state index contributed by atoms with van der Waals surface area (Å²) in [6, 6.07) is 9.01. The van der Waals surface area contributed by atoms with Crippen LogP contribution in [0.3, 0.4) is 0 Å². The zero-order valence-electron chi connectivity index (χ0n) is 15.7. The van der Waals surface area contributed by atoms with Gasteiger partial charge in [-0.25, -0.2) is 8.42 Å². The monoisotopic (exact) mass is 471 g/mol. The van der Waals surface area contributed by atoms with Gasteiger partial charge >= 0.3 is 0 Å². The molecule has 160 valence electrons. The number of hydrogen-bond acceptors (Lipinski definition) is 5. The average molecular weight is 472 g/mol. The van der Waals surface area contributed by atoms with Gasteiger partial charge in [0.25, 0.3) is 5.91 Å². The van der Waals surface area contributed by atoms with Gasteiger partial charge in [0, 0.05) is 18.8 Å². The molecule has 3 rings (SSSR count). The van der Waals surface area contributed by atoms with Crippen LogP contribution in [0.25, 0.3) is 0 Å². The van der Waals surface area contributed by atoms with Crippen molar-refractivity contribution in [1.29, 1.82) is 0 Å². The number of sulfonamides is 1. The van der Waals surface area contributed by atoms with Crippen molar-refractivity contribution in [3.63, 3.8) is 0 Å². The normalized spacial score (nSPS) is 15.0. The van der Waals surface area contributed by atoms with E-state index in [1.807, 2.05) is 0 Å². The lowest BCUT2D eigenvalue weighted by atomic mass is 10.1.